The summed E-state index contributed by atoms with van der Waals surface area (Å²) in [6, 6.07) is 8.86. The van der Waals surface area contributed by atoms with Crippen LogP contribution in [0, 0.1) is 0 Å². The Morgan fingerprint density at radius 3 is 1.82 bits per heavy atom. The maximum absolute atomic E-state index is 6.13. The third kappa shape index (κ3) is 12.8. The third-order valence-corrected chi connectivity index (χ3v) is 7.48. The smallest absolute Gasteiger partial charge is 0.184 e. The maximum atomic E-state index is 6.13. The molecule has 3 nitrogen and oxygen atoms in total. The summed E-state index contributed by atoms with van der Waals surface area (Å²) in [5.74, 6) is 0.833. The summed E-state index contributed by atoms with van der Waals surface area (Å²) in [7, 11) is -1.41. The second kappa shape index (κ2) is 16.2. The lowest BCUT2D eigenvalue weighted by molar-refractivity contribution is 0.199. The van der Waals surface area contributed by atoms with Gasteiger partial charge >= 0.3 is 0 Å². The van der Waals surface area contributed by atoms with Gasteiger partial charge in [0.1, 0.15) is 0 Å². The number of hydrogen-bond acceptors (Lipinski definition) is 3. The minimum Gasteiger partial charge on any atom is -0.415 e. The first kappa shape index (κ1) is 28.7. The lowest BCUT2D eigenvalue weighted by Gasteiger charge is -2.23. The minimum absolute atomic E-state index is 0.390. The first-order valence-corrected chi connectivity index (χ1v) is 17.4. The minimum atomic E-state index is -1.41. The van der Waals surface area contributed by atoms with E-state index in [1.54, 1.807) is 0 Å². The predicted octanol–water partition coefficient (Wildman–Crippen LogP) is 9.17. The summed E-state index contributed by atoms with van der Waals surface area (Å²) in [4.78, 5) is 9.27. The molecular weight excluding hydrogens is 432 g/mol. The van der Waals surface area contributed by atoms with Gasteiger partial charge in [0.25, 0.3) is 0 Å². The molecule has 1 aromatic heterocycles. The number of aromatic nitrogens is 2. The van der Waals surface area contributed by atoms with Crippen molar-refractivity contribution in [2.45, 2.75) is 129 Å². The summed E-state index contributed by atoms with van der Waals surface area (Å²) in [6.45, 7) is 11.3. The van der Waals surface area contributed by atoms with E-state index < -0.39 is 8.32 Å². The molecule has 2 rings (SSSR count). The number of aryl methyl sites for hydroxylation is 2. The van der Waals surface area contributed by atoms with Crippen LogP contribution in [0.15, 0.2) is 36.7 Å². The molecule has 0 spiro atoms. The number of nitrogens with zero attached hydrogens (tertiary/aromatic N) is 2. The lowest BCUT2D eigenvalue weighted by atomic mass is 10.0. The highest BCUT2D eigenvalue weighted by Crippen LogP contribution is 2.18. The van der Waals surface area contributed by atoms with Gasteiger partial charge in [0, 0.05) is 24.1 Å². The molecule has 190 valence electrons. The van der Waals surface area contributed by atoms with Gasteiger partial charge in [-0.05, 0) is 69.8 Å². The molecular formula is C30H50N2OSi. The molecule has 1 unspecified atom stereocenters. The van der Waals surface area contributed by atoms with Crippen LogP contribution in [0.25, 0.3) is 11.4 Å². The predicted molar refractivity (Wildman–Crippen MR) is 150 cm³/mol. The number of hydrogen-bond donors (Lipinski definition) is 0. The molecule has 0 saturated heterocycles. The van der Waals surface area contributed by atoms with E-state index in [1.165, 1.54) is 88.2 Å². The van der Waals surface area contributed by atoms with Crippen molar-refractivity contribution in [2.24, 2.45) is 0 Å². The highest BCUT2D eigenvalue weighted by Gasteiger charge is 2.17. The molecule has 0 fully saturated rings. The topological polar surface area (TPSA) is 35.0 Å². The summed E-state index contributed by atoms with van der Waals surface area (Å²) in [5.41, 5.74) is 3.78. The van der Waals surface area contributed by atoms with Crippen molar-refractivity contribution in [1.82, 2.24) is 9.97 Å². The van der Waals surface area contributed by atoms with Crippen molar-refractivity contribution in [1.29, 1.82) is 0 Å². The van der Waals surface area contributed by atoms with Gasteiger partial charge in [-0.3, -0.25) is 0 Å². The fourth-order valence-electron chi connectivity index (χ4n) is 4.52. The van der Waals surface area contributed by atoms with Gasteiger partial charge < -0.3 is 4.43 Å². The SMILES string of the molecule is CCCCCCCCCCc1ccc(-c2ncc(CCCCCC(C)O[Si](C)(C)C)cn2)cc1. The molecule has 1 atom stereocenters. The number of unbranched alkanes of at least 4 members (excludes halogenated alkanes) is 9. The van der Waals surface area contributed by atoms with Gasteiger partial charge in [-0.1, -0.05) is 89.0 Å². The Bertz CT molecular complexity index is 768. The van der Waals surface area contributed by atoms with Crippen molar-refractivity contribution in [2.75, 3.05) is 0 Å². The standard InChI is InChI=1S/C30H50N2OSi/c1-6-7-8-9-10-11-12-15-18-27-20-22-29(23-21-27)30-31-24-28(25-32-30)19-16-13-14-17-26(2)33-34(3,4)5/h20-26H,6-19H2,1-5H3. The Hall–Kier alpha value is -1.52. The molecule has 0 aliphatic heterocycles. The Balaban J connectivity index is 1.63. The van der Waals surface area contributed by atoms with Gasteiger partial charge in [-0.15, -0.1) is 0 Å². The fraction of sp³-hybridized carbons (Fsp3) is 0.667. The Kier molecular flexibility index (Phi) is 13.7. The van der Waals surface area contributed by atoms with E-state index >= 15 is 0 Å². The fourth-order valence-corrected chi connectivity index (χ4v) is 5.84. The lowest BCUT2D eigenvalue weighted by Crippen LogP contribution is -2.30. The van der Waals surface area contributed by atoms with Gasteiger partial charge in [0.05, 0.1) is 0 Å². The molecule has 0 N–H and O–H groups in total. The zero-order valence-electron chi connectivity index (χ0n) is 22.7. The van der Waals surface area contributed by atoms with E-state index in [4.69, 9.17) is 4.43 Å². The highest BCUT2D eigenvalue weighted by atomic mass is 28.4. The van der Waals surface area contributed by atoms with E-state index in [-0.39, 0.29) is 0 Å². The van der Waals surface area contributed by atoms with Crippen molar-refractivity contribution >= 4 is 8.32 Å². The Morgan fingerprint density at radius 1 is 0.706 bits per heavy atom. The average molecular weight is 483 g/mol. The Labute approximate surface area is 211 Å². The van der Waals surface area contributed by atoms with Gasteiger partial charge in [0.2, 0.25) is 0 Å². The summed E-state index contributed by atoms with van der Waals surface area (Å²) in [6.07, 6.45) is 22.4. The Morgan fingerprint density at radius 2 is 1.24 bits per heavy atom. The van der Waals surface area contributed by atoms with Gasteiger partial charge in [-0.2, -0.15) is 0 Å². The van der Waals surface area contributed by atoms with Crippen LogP contribution in [0.1, 0.15) is 102 Å². The molecule has 0 radical (unpaired) electrons. The highest BCUT2D eigenvalue weighted by molar-refractivity contribution is 6.69. The van der Waals surface area contributed by atoms with Crippen LogP contribution >= 0.6 is 0 Å². The molecule has 0 saturated carbocycles. The second-order valence-corrected chi connectivity index (χ2v) is 15.4. The summed E-state index contributed by atoms with van der Waals surface area (Å²) in [5, 5.41) is 0. The molecule has 4 heteroatoms. The van der Waals surface area contributed by atoms with Crippen LogP contribution in [-0.2, 0) is 17.3 Å². The van der Waals surface area contributed by atoms with E-state index in [0.717, 1.165) is 24.2 Å². The molecule has 0 aliphatic rings. The van der Waals surface area contributed by atoms with Crippen molar-refractivity contribution in [3.8, 4) is 11.4 Å². The van der Waals surface area contributed by atoms with Crippen LogP contribution in [0.3, 0.4) is 0 Å². The van der Waals surface area contributed by atoms with E-state index in [9.17, 15) is 0 Å². The van der Waals surface area contributed by atoms with Crippen molar-refractivity contribution in [3.05, 3.63) is 47.8 Å². The van der Waals surface area contributed by atoms with Crippen molar-refractivity contribution in [3.63, 3.8) is 0 Å². The monoisotopic (exact) mass is 482 g/mol. The number of rotatable bonds is 18. The van der Waals surface area contributed by atoms with Crippen LogP contribution in [0.2, 0.25) is 19.6 Å². The molecule has 1 aromatic carbocycles. The zero-order valence-corrected chi connectivity index (χ0v) is 23.7. The average Bonchev–Trinajstić information content (AvgIpc) is 2.80. The van der Waals surface area contributed by atoms with E-state index in [1.807, 2.05) is 12.4 Å². The maximum Gasteiger partial charge on any atom is 0.184 e. The summed E-state index contributed by atoms with van der Waals surface area (Å²) < 4.78 is 6.13. The van der Waals surface area contributed by atoms with Gasteiger partial charge in [-0.25, -0.2) is 9.97 Å². The third-order valence-electron chi connectivity index (χ3n) is 6.37. The molecule has 0 bridgehead atoms. The molecule has 2 aromatic rings. The molecule has 0 aliphatic carbocycles. The second-order valence-electron chi connectivity index (χ2n) is 11.0. The van der Waals surface area contributed by atoms with Gasteiger partial charge in [0.15, 0.2) is 14.1 Å². The quantitative estimate of drug-likeness (QED) is 0.157. The summed E-state index contributed by atoms with van der Waals surface area (Å²) >= 11 is 0. The first-order chi connectivity index (χ1) is 16.4. The van der Waals surface area contributed by atoms with E-state index in [2.05, 4.69) is 67.7 Å². The molecule has 0 amide bonds. The normalized spacial score (nSPS) is 12.7. The molecule has 34 heavy (non-hydrogen) atoms. The van der Waals surface area contributed by atoms with Crippen molar-refractivity contribution < 1.29 is 4.43 Å². The van der Waals surface area contributed by atoms with Crippen LogP contribution in [-0.4, -0.2) is 24.4 Å². The van der Waals surface area contributed by atoms with E-state index in [0.29, 0.717) is 6.10 Å². The zero-order chi connectivity index (χ0) is 24.7. The van der Waals surface area contributed by atoms with Crippen LogP contribution in [0.5, 0.6) is 0 Å². The van der Waals surface area contributed by atoms with Crippen LogP contribution in [0.4, 0.5) is 0 Å². The number of benzene rings is 1. The molecule has 1 heterocycles. The largest absolute Gasteiger partial charge is 0.415 e. The first-order valence-electron chi connectivity index (χ1n) is 14.0. The van der Waals surface area contributed by atoms with Crippen LogP contribution < -0.4 is 0 Å².